The Bertz CT molecular complexity index is 1110. The van der Waals surface area contributed by atoms with Crippen molar-refractivity contribution in [3.8, 4) is 11.6 Å². The summed E-state index contributed by atoms with van der Waals surface area (Å²) < 4.78 is 11.2. The van der Waals surface area contributed by atoms with Crippen LogP contribution in [-0.4, -0.2) is 55.9 Å². The predicted octanol–water partition coefficient (Wildman–Crippen LogP) is 2.64. The minimum atomic E-state index is -0.234. The first-order chi connectivity index (χ1) is 15.7. The molecule has 0 radical (unpaired) electrons. The maximum absolute atomic E-state index is 13.0. The topological polar surface area (TPSA) is 91.8 Å². The Morgan fingerprint density at radius 2 is 1.88 bits per heavy atom. The summed E-state index contributed by atoms with van der Waals surface area (Å²) in [7, 11) is 1.57. The van der Waals surface area contributed by atoms with Crippen LogP contribution in [0.3, 0.4) is 0 Å². The monoisotopic (exact) mass is 432 g/mol. The third-order valence-corrected chi connectivity index (χ3v) is 5.54. The molecule has 9 nitrogen and oxygen atoms in total. The molecule has 5 rings (SSSR count). The van der Waals surface area contributed by atoms with E-state index in [2.05, 4.69) is 37.6 Å². The number of para-hydroxylation sites is 2. The van der Waals surface area contributed by atoms with Crippen molar-refractivity contribution < 1.29 is 14.3 Å². The van der Waals surface area contributed by atoms with E-state index in [4.69, 9.17) is 9.47 Å². The molecule has 3 heterocycles. The van der Waals surface area contributed by atoms with Crippen LogP contribution in [0.25, 0.3) is 0 Å². The highest BCUT2D eigenvalue weighted by molar-refractivity contribution is 6.08. The van der Waals surface area contributed by atoms with Gasteiger partial charge in [-0.2, -0.15) is 4.98 Å². The SMILES string of the molecule is COc1ccccc1N1COc2nc(Nc3ccc(N4CCNCC4)cc3)ncc2C1=O. The van der Waals surface area contributed by atoms with E-state index in [1.165, 1.54) is 16.8 Å². The molecule has 0 spiro atoms. The molecule has 0 unspecified atom stereocenters. The van der Waals surface area contributed by atoms with Gasteiger partial charge in [-0.1, -0.05) is 12.1 Å². The number of nitrogens with one attached hydrogen (secondary N) is 2. The van der Waals surface area contributed by atoms with Crippen LogP contribution < -0.4 is 29.9 Å². The van der Waals surface area contributed by atoms with Crippen LogP contribution in [0, 0.1) is 0 Å². The number of amides is 1. The Morgan fingerprint density at radius 1 is 1.09 bits per heavy atom. The molecule has 1 aromatic heterocycles. The first-order valence-corrected chi connectivity index (χ1v) is 10.5. The summed E-state index contributed by atoms with van der Waals surface area (Å²) in [6.07, 6.45) is 1.49. The standard InChI is InChI=1S/C23H24N6O3/c1-31-20-5-3-2-4-19(20)29-15-32-21-18(22(29)30)14-25-23(27-21)26-16-6-8-17(9-7-16)28-12-10-24-11-13-28/h2-9,14,24H,10-13,15H2,1H3,(H,25,26,27). The van der Waals surface area contributed by atoms with Gasteiger partial charge in [-0.3, -0.25) is 9.69 Å². The summed E-state index contributed by atoms with van der Waals surface area (Å²) in [6.45, 7) is 4.03. The number of fused-ring (bicyclic) bond motifs is 1. The molecule has 2 aliphatic rings. The van der Waals surface area contributed by atoms with Crippen molar-refractivity contribution in [3.63, 3.8) is 0 Å². The van der Waals surface area contributed by atoms with Gasteiger partial charge in [0.2, 0.25) is 11.8 Å². The van der Waals surface area contributed by atoms with Crippen molar-refractivity contribution in [2.75, 3.05) is 55.1 Å². The van der Waals surface area contributed by atoms with Crippen LogP contribution in [0.5, 0.6) is 11.6 Å². The van der Waals surface area contributed by atoms with E-state index in [0.29, 0.717) is 22.9 Å². The lowest BCUT2D eigenvalue weighted by Gasteiger charge is -2.29. The number of ether oxygens (including phenoxy) is 2. The summed E-state index contributed by atoms with van der Waals surface area (Å²) in [5.74, 6) is 0.993. The van der Waals surface area contributed by atoms with Crippen LogP contribution in [-0.2, 0) is 0 Å². The lowest BCUT2D eigenvalue weighted by atomic mass is 10.2. The van der Waals surface area contributed by atoms with Gasteiger partial charge in [0.15, 0.2) is 6.73 Å². The Morgan fingerprint density at radius 3 is 2.66 bits per heavy atom. The van der Waals surface area contributed by atoms with E-state index in [-0.39, 0.29) is 18.5 Å². The number of piperazine rings is 1. The smallest absolute Gasteiger partial charge is 0.268 e. The highest BCUT2D eigenvalue weighted by atomic mass is 16.5. The van der Waals surface area contributed by atoms with Crippen LogP contribution in [0.1, 0.15) is 10.4 Å². The molecule has 2 aliphatic heterocycles. The lowest BCUT2D eigenvalue weighted by molar-refractivity contribution is 0.0931. The highest BCUT2D eigenvalue weighted by Gasteiger charge is 2.30. The second-order valence-corrected chi connectivity index (χ2v) is 7.50. The Labute approximate surface area is 186 Å². The quantitative estimate of drug-likeness (QED) is 0.636. The van der Waals surface area contributed by atoms with E-state index in [1.54, 1.807) is 13.2 Å². The number of carbonyl (C=O) groups is 1. The number of nitrogens with zero attached hydrogens (tertiary/aromatic N) is 4. The summed E-state index contributed by atoms with van der Waals surface area (Å²) in [5.41, 5.74) is 2.99. The molecule has 2 aromatic carbocycles. The van der Waals surface area contributed by atoms with E-state index in [1.807, 2.05) is 30.3 Å². The molecule has 1 saturated heterocycles. The molecular weight excluding hydrogens is 408 g/mol. The third-order valence-electron chi connectivity index (χ3n) is 5.54. The molecule has 0 atom stereocenters. The number of carbonyl (C=O) groups excluding carboxylic acids is 1. The van der Waals surface area contributed by atoms with Gasteiger partial charge in [-0.15, -0.1) is 0 Å². The normalized spacial score (nSPS) is 15.7. The van der Waals surface area contributed by atoms with Gasteiger partial charge in [-0.05, 0) is 36.4 Å². The third kappa shape index (κ3) is 3.90. The molecule has 9 heteroatoms. The zero-order chi connectivity index (χ0) is 21.9. The van der Waals surface area contributed by atoms with Crippen molar-refractivity contribution in [2.24, 2.45) is 0 Å². The fraction of sp³-hybridized carbons (Fsp3) is 0.261. The van der Waals surface area contributed by atoms with Crippen LogP contribution in [0.15, 0.2) is 54.7 Å². The summed E-state index contributed by atoms with van der Waals surface area (Å²) in [6, 6.07) is 15.5. The number of benzene rings is 2. The molecule has 0 saturated carbocycles. The van der Waals surface area contributed by atoms with Crippen LogP contribution in [0.2, 0.25) is 0 Å². The molecule has 0 aliphatic carbocycles. The van der Waals surface area contributed by atoms with E-state index >= 15 is 0 Å². The van der Waals surface area contributed by atoms with Crippen LogP contribution in [0.4, 0.5) is 23.0 Å². The molecule has 1 amide bonds. The van der Waals surface area contributed by atoms with E-state index in [9.17, 15) is 4.79 Å². The molecule has 1 fully saturated rings. The fourth-order valence-electron chi connectivity index (χ4n) is 3.85. The first-order valence-electron chi connectivity index (χ1n) is 10.5. The zero-order valence-corrected chi connectivity index (χ0v) is 17.7. The molecular formula is C23H24N6O3. The van der Waals surface area contributed by atoms with Gasteiger partial charge in [0.05, 0.1) is 12.8 Å². The highest BCUT2D eigenvalue weighted by Crippen LogP contribution is 2.33. The molecule has 164 valence electrons. The summed E-state index contributed by atoms with van der Waals surface area (Å²) in [4.78, 5) is 25.6. The van der Waals surface area contributed by atoms with Crippen molar-refractivity contribution in [1.82, 2.24) is 15.3 Å². The van der Waals surface area contributed by atoms with Crippen molar-refractivity contribution in [2.45, 2.75) is 0 Å². The number of hydrogen-bond acceptors (Lipinski definition) is 8. The van der Waals surface area contributed by atoms with E-state index < -0.39 is 0 Å². The number of anilines is 4. The number of methoxy groups -OCH3 is 1. The molecule has 32 heavy (non-hydrogen) atoms. The van der Waals surface area contributed by atoms with Gasteiger partial charge in [-0.25, -0.2) is 4.98 Å². The zero-order valence-electron chi connectivity index (χ0n) is 17.7. The van der Waals surface area contributed by atoms with Crippen molar-refractivity contribution >= 4 is 28.9 Å². The minimum absolute atomic E-state index is 0.0437. The maximum atomic E-state index is 13.0. The number of rotatable bonds is 5. The average molecular weight is 432 g/mol. The van der Waals surface area contributed by atoms with Crippen molar-refractivity contribution in [3.05, 3.63) is 60.3 Å². The minimum Gasteiger partial charge on any atom is -0.495 e. The van der Waals surface area contributed by atoms with Crippen molar-refractivity contribution in [1.29, 1.82) is 0 Å². The Hall–Kier alpha value is -3.85. The predicted molar refractivity (Wildman–Crippen MR) is 122 cm³/mol. The Balaban J connectivity index is 1.31. The van der Waals surface area contributed by atoms with E-state index in [0.717, 1.165) is 31.9 Å². The molecule has 0 bridgehead atoms. The van der Waals surface area contributed by atoms with Gasteiger partial charge >= 0.3 is 0 Å². The van der Waals surface area contributed by atoms with Crippen LogP contribution >= 0.6 is 0 Å². The second-order valence-electron chi connectivity index (χ2n) is 7.50. The Kier molecular flexibility index (Phi) is 5.47. The summed E-state index contributed by atoms with van der Waals surface area (Å²) in [5, 5.41) is 6.54. The van der Waals surface area contributed by atoms with Gasteiger partial charge < -0.3 is 25.0 Å². The first kappa shape index (κ1) is 20.1. The molecule has 3 aromatic rings. The number of aromatic nitrogens is 2. The number of hydrogen-bond donors (Lipinski definition) is 2. The molecule has 2 N–H and O–H groups in total. The fourth-order valence-corrected chi connectivity index (χ4v) is 3.85. The van der Waals surface area contributed by atoms with Gasteiger partial charge in [0.1, 0.15) is 11.3 Å². The second kappa shape index (κ2) is 8.72. The summed E-state index contributed by atoms with van der Waals surface area (Å²) >= 11 is 0. The lowest BCUT2D eigenvalue weighted by Crippen LogP contribution is -2.43. The van der Waals surface area contributed by atoms with Gasteiger partial charge in [0.25, 0.3) is 5.91 Å². The van der Waals surface area contributed by atoms with Gasteiger partial charge in [0, 0.05) is 43.8 Å². The average Bonchev–Trinajstić information content (AvgIpc) is 2.85. The largest absolute Gasteiger partial charge is 0.495 e. The maximum Gasteiger partial charge on any atom is 0.268 e.